The van der Waals surface area contributed by atoms with Crippen LogP contribution in [-0.4, -0.2) is 20.9 Å². The molecule has 1 aliphatic rings. The van der Waals surface area contributed by atoms with Crippen molar-refractivity contribution in [3.05, 3.63) is 12.2 Å². The van der Waals surface area contributed by atoms with Gasteiger partial charge >= 0.3 is 0 Å². The lowest BCUT2D eigenvalue weighted by Crippen LogP contribution is -2.39. The number of carbonyl (C=O) groups excluding carboxylic acids is 1. The second kappa shape index (κ2) is 5.28. The van der Waals surface area contributed by atoms with E-state index < -0.39 is 9.04 Å². The van der Waals surface area contributed by atoms with Crippen molar-refractivity contribution in [1.29, 1.82) is 0 Å². The summed E-state index contributed by atoms with van der Waals surface area (Å²) in [6, 6.07) is 0. The van der Waals surface area contributed by atoms with Crippen LogP contribution in [0.3, 0.4) is 0 Å². The zero-order valence-electron chi connectivity index (χ0n) is 11.1. The third-order valence-corrected chi connectivity index (χ3v) is 3.75. The molecule has 16 heavy (non-hydrogen) atoms. The summed E-state index contributed by atoms with van der Waals surface area (Å²) >= 11 is 0. The zero-order chi connectivity index (χ0) is 12.3. The summed E-state index contributed by atoms with van der Waals surface area (Å²) < 4.78 is 6.17. The number of ketones is 1. The predicted octanol–water partition coefficient (Wildman–Crippen LogP) is 2.94. The number of carbonyl (C=O) groups is 1. The highest BCUT2D eigenvalue weighted by atomic mass is 28.3. The van der Waals surface area contributed by atoms with Crippen molar-refractivity contribution in [3.8, 4) is 0 Å². The standard InChI is InChI=1S/C13H24O2Si/c1-13(2,3)12(15-16(4)5)10-6-8-11(14)9-7-10/h6,8,10,12,16H,7,9H2,1-5H3/t10-,12?/m1/s1. The van der Waals surface area contributed by atoms with Crippen LogP contribution in [-0.2, 0) is 9.22 Å². The fourth-order valence-electron chi connectivity index (χ4n) is 2.21. The van der Waals surface area contributed by atoms with Gasteiger partial charge in [-0.1, -0.05) is 26.8 Å². The van der Waals surface area contributed by atoms with Gasteiger partial charge in [0.15, 0.2) is 14.8 Å². The van der Waals surface area contributed by atoms with Gasteiger partial charge in [0, 0.05) is 12.3 Å². The van der Waals surface area contributed by atoms with Crippen molar-refractivity contribution in [2.45, 2.75) is 52.8 Å². The highest BCUT2D eigenvalue weighted by molar-refractivity contribution is 6.48. The molecule has 2 atom stereocenters. The smallest absolute Gasteiger partial charge is 0.171 e. The predicted molar refractivity (Wildman–Crippen MR) is 70.1 cm³/mol. The monoisotopic (exact) mass is 240 g/mol. The summed E-state index contributed by atoms with van der Waals surface area (Å²) in [7, 11) is -1.03. The van der Waals surface area contributed by atoms with Crippen LogP contribution in [0.25, 0.3) is 0 Å². The van der Waals surface area contributed by atoms with Crippen molar-refractivity contribution in [2.24, 2.45) is 11.3 Å². The van der Waals surface area contributed by atoms with E-state index in [1.807, 2.05) is 0 Å². The minimum Gasteiger partial charge on any atom is -0.417 e. The Morgan fingerprint density at radius 3 is 2.44 bits per heavy atom. The number of allylic oxidation sites excluding steroid dienone is 1. The van der Waals surface area contributed by atoms with Gasteiger partial charge in [-0.25, -0.2) is 0 Å². The zero-order valence-corrected chi connectivity index (χ0v) is 12.3. The summed E-state index contributed by atoms with van der Waals surface area (Å²) in [5.41, 5.74) is 0.146. The quantitative estimate of drug-likeness (QED) is 0.709. The lowest BCUT2D eigenvalue weighted by molar-refractivity contribution is -0.115. The molecule has 0 heterocycles. The molecule has 0 saturated carbocycles. The highest BCUT2D eigenvalue weighted by Gasteiger charge is 2.33. The lowest BCUT2D eigenvalue weighted by atomic mass is 9.77. The molecule has 0 bridgehead atoms. The summed E-state index contributed by atoms with van der Waals surface area (Å²) in [5.74, 6) is 0.665. The molecule has 0 aromatic carbocycles. The van der Waals surface area contributed by atoms with Crippen molar-refractivity contribution < 1.29 is 9.22 Å². The van der Waals surface area contributed by atoms with E-state index in [0.717, 1.165) is 6.42 Å². The normalized spacial score (nSPS) is 23.9. The van der Waals surface area contributed by atoms with Crippen LogP contribution in [0.2, 0.25) is 13.1 Å². The molecule has 0 N–H and O–H groups in total. The second-order valence-corrected chi connectivity index (χ2v) is 8.37. The summed E-state index contributed by atoms with van der Waals surface area (Å²) in [6.45, 7) is 11.1. The van der Waals surface area contributed by atoms with Crippen molar-refractivity contribution in [2.75, 3.05) is 0 Å². The minimum atomic E-state index is -1.03. The van der Waals surface area contributed by atoms with Crippen LogP contribution in [0.5, 0.6) is 0 Å². The summed E-state index contributed by atoms with van der Waals surface area (Å²) in [6.07, 6.45) is 5.66. The molecule has 0 amide bonds. The van der Waals surface area contributed by atoms with Crippen LogP contribution < -0.4 is 0 Å². The van der Waals surface area contributed by atoms with Crippen LogP contribution in [0, 0.1) is 11.3 Å². The van der Waals surface area contributed by atoms with Gasteiger partial charge in [-0.15, -0.1) is 0 Å². The topological polar surface area (TPSA) is 26.3 Å². The molecule has 0 fully saturated rings. The molecular formula is C13H24O2Si. The van der Waals surface area contributed by atoms with E-state index in [1.165, 1.54) is 0 Å². The Kier molecular flexibility index (Phi) is 4.50. The first-order valence-electron chi connectivity index (χ1n) is 6.17. The van der Waals surface area contributed by atoms with Gasteiger partial charge in [0.05, 0.1) is 6.10 Å². The summed E-state index contributed by atoms with van der Waals surface area (Å²) in [5, 5.41) is 0. The third-order valence-electron chi connectivity index (χ3n) is 2.91. The molecule has 1 aliphatic carbocycles. The maximum absolute atomic E-state index is 11.2. The Balaban J connectivity index is 2.77. The molecule has 1 unspecified atom stereocenters. The van der Waals surface area contributed by atoms with Gasteiger partial charge in [0.2, 0.25) is 0 Å². The van der Waals surface area contributed by atoms with E-state index in [-0.39, 0.29) is 17.3 Å². The first kappa shape index (κ1) is 13.7. The van der Waals surface area contributed by atoms with E-state index in [9.17, 15) is 4.79 Å². The Morgan fingerprint density at radius 2 is 2.06 bits per heavy atom. The molecular weight excluding hydrogens is 216 g/mol. The van der Waals surface area contributed by atoms with Gasteiger partial charge in [-0.05, 0) is 31.0 Å². The fourth-order valence-corrected chi connectivity index (χ4v) is 3.41. The molecule has 0 aromatic rings. The van der Waals surface area contributed by atoms with Crippen LogP contribution in [0.4, 0.5) is 0 Å². The largest absolute Gasteiger partial charge is 0.417 e. The number of rotatable bonds is 3. The first-order valence-corrected chi connectivity index (χ1v) is 8.95. The van der Waals surface area contributed by atoms with E-state index in [1.54, 1.807) is 6.08 Å². The van der Waals surface area contributed by atoms with Crippen LogP contribution in [0.1, 0.15) is 33.6 Å². The van der Waals surface area contributed by atoms with E-state index in [2.05, 4.69) is 39.9 Å². The molecule has 0 spiro atoms. The fraction of sp³-hybridized carbons (Fsp3) is 0.769. The van der Waals surface area contributed by atoms with Crippen molar-refractivity contribution in [1.82, 2.24) is 0 Å². The van der Waals surface area contributed by atoms with Crippen LogP contribution in [0.15, 0.2) is 12.2 Å². The van der Waals surface area contributed by atoms with E-state index >= 15 is 0 Å². The molecule has 0 saturated heterocycles. The van der Waals surface area contributed by atoms with E-state index in [0.29, 0.717) is 12.3 Å². The lowest BCUT2D eigenvalue weighted by Gasteiger charge is -2.38. The molecule has 0 radical (unpaired) electrons. The molecule has 0 aliphatic heterocycles. The average Bonchev–Trinajstić information content (AvgIpc) is 2.14. The maximum atomic E-state index is 11.2. The Bertz CT molecular complexity index is 276. The molecule has 92 valence electrons. The van der Waals surface area contributed by atoms with Gasteiger partial charge in [-0.2, -0.15) is 0 Å². The Labute approximate surface area is 101 Å². The highest BCUT2D eigenvalue weighted by Crippen LogP contribution is 2.33. The van der Waals surface area contributed by atoms with Crippen molar-refractivity contribution in [3.63, 3.8) is 0 Å². The van der Waals surface area contributed by atoms with Gasteiger partial charge in [-0.3, -0.25) is 4.79 Å². The number of hydrogen-bond acceptors (Lipinski definition) is 2. The third kappa shape index (κ3) is 3.87. The molecule has 2 nitrogen and oxygen atoms in total. The Hall–Kier alpha value is -0.413. The Morgan fingerprint density at radius 1 is 1.44 bits per heavy atom. The SMILES string of the molecule is C[SiH](C)OC([C@@H]1C=CC(=O)CC1)C(C)(C)C. The van der Waals surface area contributed by atoms with Gasteiger partial charge in [0.1, 0.15) is 0 Å². The molecule has 3 heteroatoms. The van der Waals surface area contributed by atoms with Gasteiger partial charge < -0.3 is 4.43 Å². The number of hydrogen-bond donors (Lipinski definition) is 0. The first-order chi connectivity index (χ1) is 7.30. The average molecular weight is 240 g/mol. The van der Waals surface area contributed by atoms with Crippen LogP contribution >= 0.6 is 0 Å². The minimum absolute atomic E-state index is 0.146. The van der Waals surface area contributed by atoms with E-state index in [4.69, 9.17) is 4.43 Å². The van der Waals surface area contributed by atoms with Crippen molar-refractivity contribution >= 4 is 14.8 Å². The second-order valence-electron chi connectivity index (χ2n) is 6.00. The molecule has 0 aromatic heterocycles. The molecule has 1 rings (SSSR count). The maximum Gasteiger partial charge on any atom is 0.171 e. The van der Waals surface area contributed by atoms with Gasteiger partial charge in [0.25, 0.3) is 0 Å². The summed E-state index contributed by atoms with van der Waals surface area (Å²) in [4.78, 5) is 11.2.